The predicted molar refractivity (Wildman–Crippen MR) is 142 cm³/mol. The standard InChI is InChI=1S/C27H28ClFN6O3/c1-14(36)19-12-34(22-8-15(6-7-18(19)22)26(30)33-31-2)13-24(37)35-21-9-17(21)10-23(35)27(38)32-11-16-4-3-5-20(28)25(16)29/h3-8,12,17,21,23,31H,9-11,13H2,1-2H3,(H2,30,33)(H,32,38)/t17-,21-,23+/m1/s1. The number of carbonyl (C=O) groups excluding carboxylic acids is 3. The largest absolute Gasteiger partial charge is 0.382 e. The second kappa shape index (κ2) is 10.1. The number of aromatic nitrogens is 1. The van der Waals surface area contributed by atoms with Crippen LogP contribution in [0.25, 0.3) is 10.9 Å². The Morgan fingerprint density at radius 3 is 2.74 bits per heavy atom. The van der Waals surface area contributed by atoms with Crippen molar-refractivity contribution in [3.05, 3.63) is 70.1 Å². The maximum absolute atomic E-state index is 14.3. The molecule has 2 aliphatic rings. The zero-order chi connectivity index (χ0) is 27.1. The minimum atomic E-state index is -0.642. The van der Waals surface area contributed by atoms with Crippen LogP contribution in [0.5, 0.6) is 0 Å². The van der Waals surface area contributed by atoms with Crippen molar-refractivity contribution in [3.63, 3.8) is 0 Å². The summed E-state index contributed by atoms with van der Waals surface area (Å²) in [6.45, 7) is 1.40. The van der Waals surface area contributed by atoms with Gasteiger partial charge < -0.3 is 25.9 Å². The number of halogens is 2. The summed E-state index contributed by atoms with van der Waals surface area (Å²) in [6, 6.07) is 9.34. The van der Waals surface area contributed by atoms with Crippen LogP contribution < -0.4 is 16.5 Å². The first kappa shape index (κ1) is 25.7. The number of benzene rings is 2. The number of rotatable bonds is 8. The number of nitrogens with zero attached hydrogens (tertiary/aromatic N) is 3. The highest BCUT2D eigenvalue weighted by Gasteiger charge is 2.55. The first-order chi connectivity index (χ1) is 18.2. The topological polar surface area (TPSA) is 122 Å². The quantitative estimate of drug-likeness (QED) is 0.176. The Balaban J connectivity index is 1.37. The minimum absolute atomic E-state index is 0.00391. The van der Waals surface area contributed by atoms with Crippen LogP contribution in [-0.2, 0) is 22.7 Å². The van der Waals surface area contributed by atoms with Gasteiger partial charge in [-0.15, -0.1) is 0 Å². The molecule has 0 radical (unpaired) electrons. The van der Waals surface area contributed by atoms with E-state index in [0.717, 1.165) is 6.42 Å². The molecule has 1 aliphatic heterocycles. The van der Waals surface area contributed by atoms with E-state index < -0.39 is 11.9 Å². The highest BCUT2D eigenvalue weighted by atomic mass is 35.5. The van der Waals surface area contributed by atoms with Crippen LogP contribution in [0, 0.1) is 11.7 Å². The summed E-state index contributed by atoms with van der Waals surface area (Å²) in [5.74, 6) is -0.706. The van der Waals surface area contributed by atoms with Crippen molar-refractivity contribution in [1.82, 2.24) is 20.2 Å². The molecule has 3 aromatic rings. The Bertz CT molecular complexity index is 1480. The molecule has 2 fully saturated rings. The molecule has 2 aromatic carbocycles. The molecule has 1 aliphatic carbocycles. The summed E-state index contributed by atoms with van der Waals surface area (Å²) < 4.78 is 16.0. The van der Waals surface area contributed by atoms with Crippen molar-refractivity contribution in [3.8, 4) is 0 Å². The summed E-state index contributed by atoms with van der Waals surface area (Å²) in [4.78, 5) is 40.6. The number of amidine groups is 1. The molecule has 1 saturated carbocycles. The molecule has 3 atom stereocenters. The summed E-state index contributed by atoms with van der Waals surface area (Å²) in [5.41, 5.74) is 10.8. The fraction of sp³-hybridized carbons (Fsp3) is 0.333. The van der Waals surface area contributed by atoms with E-state index in [1.54, 1.807) is 53.0 Å². The summed E-state index contributed by atoms with van der Waals surface area (Å²) >= 11 is 5.85. The molecular formula is C27H28ClFN6O3. The number of Topliss-reactive ketones (excluding diaryl/α,β-unsaturated/α-hetero) is 1. The molecule has 2 heterocycles. The van der Waals surface area contributed by atoms with E-state index in [9.17, 15) is 18.8 Å². The molecule has 11 heteroatoms. The van der Waals surface area contributed by atoms with Gasteiger partial charge in [-0.1, -0.05) is 35.9 Å². The van der Waals surface area contributed by atoms with Gasteiger partial charge in [-0.2, -0.15) is 5.10 Å². The Kier molecular flexibility index (Phi) is 6.83. The van der Waals surface area contributed by atoms with Gasteiger partial charge in [-0.05, 0) is 37.8 Å². The third-order valence-corrected chi connectivity index (χ3v) is 7.57. The normalized spacial score (nSPS) is 20.4. The monoisotopic (exact) mass is 538 g/mol. The number of hydrogen-bond donors (Lipinski definition) is 3. The molecule has 0 spiro atoms. The average Bonchev–Trinajstić information content (AvgIpc) is 3.40. The first-order valence-electron chi connectivity index (χ1n) is 12.4. The lowest BCUT2D eigenvalue weighted by molar-refractivity contribution is -0.140. The fourth-order valence-corrected chi connectivity index (χ4v) is 5.50. The van der Waals surface area contributed by atoms with Gasteiger partial charge in [0.1, 0.15) is 18.4 Å². The summed E-state index contributed by atoms with van der Waals surface area (Å²) in [7, 11) is 1.64. The number of hydrazone groups is 1. The van der Waals surface area contributed by atoms with Crippen LogP contribution in [0.1, 0.15) is 41.3 Å². The molecule has 1 aromatic heterocycles. The smallest absolute Gasteiger partial charge is 0.243 e. The van der Waals surface area contributed by atoms with E-state index in [4.69, 9.17) is 17.3 Å². The van der Waals surface area contributed by atoms with E-state index in [1.165, 1.54) is 13.0 Å². The lowest BCUT2D eigenvalue weighted by atomic mass is 10.1. The summed E-state index contributed by atoms with van der Waals surface area (Å²) in [5, 5.41) is 7.46. The average molecular weight is 539 g/mol. The van der Waals surface area contributed by atoms with Crippen LogP contribution in [0.3, 0.4) is 0 Å². The van der Waals surface area contributed by atoms with E-state index in [0.29, 0.717) is 28.5 Å². The molecule has 0 bridgehead atoms. The second-order valence-electron chi connectivity index (χ2n) is 9.73. The number of likely N-dealkylation sites (tertiary alicyclic amines) is 1. The number of amides is 2. The van der Waals surface area contributed by atoms with Gasteiger partial charge in [0.15, 0.2) is 11.6 Å². The first-order valence-corrected chi connectivity index (χ1v) is 12.7. The zero-order valence-electron chi connectivity index (χ0n) is 21.0. The highest BCUT2D eigenvalue weighted by Crippen LogP contribution is 2.48. The Hall–Kier alpha value is -3.92. The van der Waals surface area contributed by atoms with Gasteiger partial charge in [0.2, 0.25) is 11.8 Å². The van der Waals surface area contributed by atoms with E-state index in [-0.39, 0.29) is 59.1 Å². The molecular weight excluding hydrogens is 511 g/mol. The fourth-order valence-electron chi connectivity index (χ4n) is 5.31. The molecule has 9 nitrogen and oxygen atoms in total. The molecule has 5 rings (SSSR count). The SMILES string of the molecule is CN/N=C(\N)c1ccc2c(C(C)=O)cn(CC(=O)N3[C@@H]4C[C@@H]4C[C@H]3C(=O)NCc3cccc(Cl)c3F)c2c1. The van der Waals surface area contributed by atoms with E-state index in [1.807, 2.05) is 0 Å². The number of nitrogens with two attached hydrogens (primary N) is 1. The minimum Gasteiger partial charge on any atom is -0.382 e. The summed E-state index contributed by atoms with van der Waals surface area (Å²) in [6.07, 6.45) is 3.08. The van der Waals surface area contributed by atoms with Gasteiger partial charge in [-0.3, -0.25) is 14.4 Å². The predicted octanol–water partition coefficient (Wildman–Crippen LogP) is 2.78. The maximum Gasteiger partial charge on any atom is 0.243 e. The molecule has 198 valence electrons. The highest BCUT2D eigenvalue weighted by molar-refractivity contribution is 6.30. The van der Waals surface area contributed by atoms with Crippen molar-refractivity contribution in [2.24, 2.45) is 16.8 Å². The van der Waals surface area contributed by atoms with Crippen LogP contribution in [0.15, 0.2) is 47.7 Å². The van der Waals surface area contributed by atoms with E-state index in [2.05, 4.69) is 15.8 Å². The number of piperidine rings is 1. The van der Waals surface area contributed by atoms with E-state index >= 15 is 0 Å². The van der Waals surface area contributed by atoms with Crippen LogP contribution in [0.2, 0.25) is 5.02 Å². The Morgan fingerprint density at radius 2 is 2.00 bits per heavy atom. The maximum atomic E-state index is 14.3. The molecule has 0 unspecified atom stereocenters. The number of nitrogens with one attached hydrogen (secondary N) is 2. The van der Waals surface area contributed by atoms with Crippen LogP contribution >= 0.6 is 11.6 Å². The molecule has 38 heavy (non-hydrogen) atoms. The zero-order valence-corrected chi connectivity index (χ0v) is 21.8. The second-order valence-corrected chi connectivity index (χ2v) is 10.1. The lowest BCUT2D eigenvalue weighted by Gasteiger charge is -2.27. The van der Waals surface area contributed by atoms with Crippen LogP contribution in [0.4, 0.5) is 4.39 Å². The number of carbonyl (C=O) groups is 3. The van der Waals surface area contributed by atoms with Crippen molar-refractivity contribution >= 4 is 45.9 Å². The number of ketones is 1. The van der Waals surface area contributed by atoms with Crippen LogP contribution in [-0.4, -0.2) is 52.0 Å². The van der Waals surface area contributed by atoms with Gasteiger partial charge in [0.25, 0.3) is 0 Å². The number of fused-ring (bicyclic) bond motifs is 2. The van der Waals surface area contributed by atoms with Crippen molar-refractivity contribution in [2.75, 3.05) is 7.05 Å². The number of hydrogen-bond acceptors (Lipinski definition) is 5. The third kappa shape index (κ3) is 4.71. The van der Waals surface area contributed by atoms with Crippen molar-refractivity contribution in [2.45, 2.75) is 44.9 Å². The van der Waals surface area contributed by atoms with Crippen molar-refractivity contribution in [1.29, 1.82) is 0 Å². The molecule has 2 amide bonds. The van der Waals surface area contributed by atoms with Gasteiger partial charge in [0, 0.05) is 53.4 Å². The molecule has 1 saturated heterocycles. The van der Waals surface area contributed by atoms with Gasteiger partial charge in [-0.25, -0.2) is 4.39 Å². The lowest BCUT2D eigenvalue weighted by Crippen LogP contribution is -2.48. The van der Waals surface area contributed by atoms with Gasteiger partial charge >= 0.3 is 0 Å². The third-order valence-electron chi connectivity index (χ3n) is 7.27. The Morgan fingerprint density at radius 1 is 1.21 bits per heavy atom. The van der Waals surface area contributed by atoms with Gasteiger partial charge in [0.05, 0.1) is 5.02 Å². The molecule has 4 N–H and O–H groups in total. The van der Waals surface area contributed by atoms with Crippen molar-refractivity contribution < 1.29 is 18.8 Å². The Labute approximate surface area is 223 Å².